The summed E-state index contributed by atoms with van der Waals surface area (Å²) >= 11 is 0. The lowest BCUT2D eigenvalue weighted by atomic mass is 10.3. The van der Waals surface area contributed by atoms with Gasteiger partial charge in [-0.2, -0.15) is 5.10 Å². The first-order valence-corrected chi connectivity index (χ1v) is 4.86. The molecule has 1 aromatic heterocycles. The van der Waals surface area contributed by atoms with Crippen molar-refractivity contribution >= 4 is 6.08 Å². The van der Waals surface area contributed by atoms with Crippen LogP contribution in [0, 0.1) is 0 Å². The highest BCUT2D eigenvalue weighted by molar-refractivity contribution is 5.50. The maximum atomic E-state index is 12.8. The maximum absolute atomic E-state index is 12.8. The average Bonchev–Trinajstić information content (AvgIpc) is 2.78. The number of hydrogen-bond donors (Lipinski definition) is 1. The summed E-state index contributed by atoms with van der Waals surface area (Å²) < 4.78 is 14.5. The first kappa shape index (κ1) is 10.6. The smallest absolute Gasteiger partial charge is 0.126 e. The largest absolute Gasteiger partial charge is 0.389 e. The number of nitrogens with zero attached hydrogens (tertiary/aromatic N) is 2. The Balaban J connectivity index is 2.27. The molecule has 0 aliphatic carbocycles. The molecular weight excluding hydrogens is 207 g/mol. The molecule has 0 aliphatic heterocycles. The SMILES string of the molecule is OCC(F)=Cc1cnn(-c2ccccc2)c1. The lowest BCUT2D eigenvalue weighted by Crippen LogP contribution is -1.92. The number of para-hydroxylation sites is 1. The van der Waals surface area contributed by atoms with Crippen molar-refractivity contribution in [2.45, 2.75) is 0 Å². The fraction of sp³-hybridized carbons (Fsp3) is 0.0833. The molecule has 2 aromatic rings. The van der Waals surface area contributed by atoms with Crippen molar-refractivity contribution in [3.63, 3.8) is 0 Å². The molecule has 0 amide bonds. The van der Waals surface area contributed by atoms with Crippen LogP contribution in [0.1, 0.15) is 5.56 Å². The lowest BCUT2D eigenvalue weighted by Gasteiger charge is -1.98. The van der Waals surface area contributed by atoms with Gasteiger partial charge in [-0.15, -0.1) is 0 Å². The summed E-state index contributed by atoms with van der Waals surface area (Å²) in [6, 6.07) is 9.53. The molecule has 2 rings (SSSR count). The quantitative estimate of drug-likeness (QED) is 0.857. The summed E-state index contributed by atoms with van der Waals surface area (Å²) in [6.07, 6.45) is 4.50. The third-order valence-electron chi connectivity index (χ3n) is 2.10. The number of aliphatic hydroxyl groups is 1. The second-order valence-corrected chi connectivity index (χ2v) is 3.30. The molecule has 0 unspecified atom stereocenters. The Labute approximate surface area is 92.5 Å². The van der Waals surface area contributed by atoms with E-state index in [1.165, 1.54) is 6.08 Å². The van der Waals surface area contributed by atoms with Crippen molar-refractivity contribution in [2.75, 3.05) is 6.61 Å². The van der Waals surface area contributed by atoms with E-state index in [1.54, 1.807) is 17.1 Å². The number of halogens is 1. The van der Waals surface area contributed by atoms with E-state index in [1.807, 2.05) is 30.3 Å². The molecule has 1 N–H and O–H groups in total. The third kappa shape index (κ3) is 2.35. The van der Waals surface area contributed by atoms with Gasteiger partial charge >= 0.3 is 0 Å². The number of aromatic nitrogens is 2. The van der Waals surface area contributed by atoms with Gasteiger partial charge in [0.2, 0.25) is 0 Å². The Morgan fingerprint density at radius 2 is 2.12 bits per heavy atom. The topological polar surface area (TPSA) is 38.1 Å². The van der Waals surface area contributed by atoms with Crippen molar-refractivity contribution in [1.82, 2.24) is 9.78 Å². The van der Waals surface area contributed by atoms with E-state index >= 15 is 0 Å². The highest BCUT2D eigenvalue weighted by Gasteiger charge is 1.99. The second-order valence-electron chi connectivity index (χ2n) is 3.30. The van der Waals surface area contributed by atoms with Crippen LogP contribution in [0.15, 0.2) is 48.6 Å². The zero-order valence-electron chi connectivity index (χ0n) is 8.55. The van der Waals surface area contributed by atoms with Crippen LogP contribution in [0.4, 0.5) is 4.39 Å². The van der Waals surface area contributed by atoms with Crippen molar-refractivity contribution < 1.29 is 9.50 Å². The Morgan fingerprint density at radius 3 is 2.81 bits per heavy atom. The lowest BCUT2D eigenvalue weighted by molar-refractivity contribution is 0.300. The molecular formula is C12H11FN2O. The fourth-order valence-corrected chi connectivity index (χ4v) is 1.36. The molecule has 0 aliphatic rings. The minimum absolute atomic E-state index is 0.576. The third-order valence-corrected chi connectivity index (χ3v) is 2.10. The van der Waals surface area contributed by atoms with Gasteiger partial charge in [0.25, 0.3) is 0 Å². The molecule has 1 heterocycles. The van der Waals surface area contributed by atoms with Gasteiger partial charge < -0.3 is 5.11 Å². The van der Waals surface area contributed by atoms with Crippen LogP contribution in [0.25, 0.3) is 11.8 Å². The molecule has 0 fully saturated rings. The van der Waals surface area contributed by atoms with Crippen molar-refractivity contribution in [3.05, 3.63) is 54.1 Å². The minimum Gasteiger partial charge on any atom is -0.389 e. The molecule has 0 radical (unpaired) electrons. The summed E-state index contributed by atoms with van der Waals surface area (Å²) in [5, 5.41) is 12.6. The van der Waals surface area contributed by atoms with Crippen molar-refractivity contribution in [1.29, 1.82) is 0 Å². The van der Waals surface area contributed by atoms with E-state index in [0.717, 1.165) is 5.69 Å². The molecule has 3 nitrogen and oxygen atoms in total. The standard InChI is InChI=1S/C12H11FN2O/c13-11(9-16)6-10-7-14-15(8-10)12-4-2-1-3-5-12/h1-8,16H,9H2. The van der Waals surface area contributed by atoms with E-state index in [9.17, 15) is 4.39 Å². The highest BCUT2D eigenvalue weighted by atomic mass is 19.1. The monoisotopic (exact) mass is 218 g/mol. The molecule has 1 aromatic carbocycles. The normalized spacial score (nSPS) is 11.8. The van der Waals surface area contributed by atoms with Gasteiger partial charge in [0.15, 0.2) is 0 Å². The molecule has 0 atom stereocenters. The molecule has 4 heteroatoms. The molecule has 0 saturated carbocycles. The minimum atomic E-state index is -0.587. The van der Waals surface area contributed by atoms with Crippen LogP contribution in [0.2, 0.25) is 0 Å². The number of aliphatic hydroxyl groups excluding tert-OH is 1. The van der Waals surface area contributed by atoms with Gasteiger partial charge in [-0.25, -0.2) is 9.07 Å². The van der Waals surface area contributed by atoms with E-state index in [2.05, 4.69) is 5.10 Å². The predicted molar refractivity (Wildman–Crippen MR) is 59.7 cm³/mol. The summed E-state index contributed by atoms with van der Waals surface area (Å²) in [7, 11) is 0. The predicted octanol–water partition coefficient (Wildman–Crippen LogP) is 2.17. The van der Waals surface area contributed by atoms with Crippen LogP contribution < -0.4 is 0 Å². The van der Waals surface area contributed by atoms with Crippen LogP contribution in [0.3, 0.4) is 0 Å². The average molecular weight is 218 g/mol. The van der Waals surface area contributed by atoms with Crippen LogP contribution in [0.5, 0.6) is 0 Å². The first-order chi connectivity index (χ1) is 7.79. The Kier molecular flexibility index (Phi) is 3.12. The van der Waals surface area contributed by atoms with Crippen molar-refractivity contribution in [3.8, 4) is 5.69 Å². The summed E-state index contributed by atoms with van der Waals surface area (Å²) in [6.45, 7) is -0.587. The number of hydrogen-bond acceptors (Lipinski definition) is 2. The van der Waals surface area contributed by atoms with E-state index in [4.69, 9.17) is 5.11 Å². The molecule has 0 bridgehead atoms. The number of rotatable bonds is 3. The zero-order valence-corrected chi connectivity index (χ0v) is 8.55. The van der Waals surface area contributed by atoms with Gasteiger partial charge in [-0.1, -0.05) is 18.2 Å². The highest BCUT2D eigenvalue weighted by Crippen LogP contribution is 2.10. The Morgan fingerprint density at radius 1 is 1.38 bits per heavy atom. The molecule has 0 spiro atoms. The second kappa shape index (κ2) is 4.72. The van der Waals surface area contributed by atoms with Crippen LogP contribution in [-0.4, -0.2) is 21.5 Å². The summed E-state index contributed by atoms with van der Waals surface area (Å²) in [5.41, 5.74) is 1.53. The summed E-state index contributed by atoms with van der Waals surface area (Å²) in [4.78, 5) is 0. The van der Waals surface area contributed by atoms with Gasteiger partial charge in [0, 0.05) is 11.8 Å². The van der Waals surface area contributed by atoms with Crippen LogP contribution in [-0.2, 0) is 0 Å². The van der Waals surface area contributed by atoms with E-state index in [0.29, 0.717) is 5.56 Å². The summed E-state index contributed by atoms with van der Waals surface area (Å²) in [5.74, 6) is -0.576. The molecule has 16 heavy (non-hydrogen) atoms. The van der Waals surface area contributed by atoms with Gasteiger partial charge in [-0.05, 0) is 18.2 Å². The van der Waals surface area contributed by atoms with Gasteiger partial charge in [-0.3, -0.25) is 0 Å². The zero-order chi connectivity index (χ0) is 11.4. The van der Waals surface area contributed by atoms with Crippen LogP contribution >= 0.6 is 0 Å². The molecule has 0 saturated heterocycles. The van der Waals surface area contributed by atoms with E-state index in [-0.39, 0.29) is 0 Å². The number of benzene rings is 1. The van der Waals surface area contributed by atoms with Crippen molar-refractivity contribution in [2.24, 2.45) is 0 Å². The Hall–Kier alpha value is -1.94. The van der Waals surface area contributed by atoms with E-state index < -0.39 is 12.4 Å². The van der Waals surface area contributed by atoms with Gasteiger partial charge in [0.1, 0.15) is 5.83 Å². The Bertz CT molecular complexity index is 491. The first-order valence-electron chi connectivity index (χ1n) is 4.86. The van der Waals surface area contributed by atoms with Gasteiger partial charge in [0.05, 0.1) is 18.5 Å². The molecule has 82 valence electrons. The fourth-order valence-electron chi connectivity index (χ4n) is 1.36. The maximum Gasteiger partial charge on any atom is 0.126 e.